The van der Waals surface area contributed by atoms with E-state index in [0.29, 0.717) is 6.42 Å². The monoisotopic (exact) mass is 370 g/mol. The zero-order valence-electron chi connectivity index (χ0n) is 17.6. The van der Waals surface area contributed by atoms with Crippen LogP contribution in [0.25, 0.3) is 0 Å². The van der Waals surface area contributed by atoms with Crippen LogP contribution in [0.5, 0.6) is 0 Å². The fraction of sp³-hybridized carbons (Fsp3) is 0.909. The smallest absolute Gasteiger partial charge is 0.307 e. The Bertz CT molecular complexity index is 365. The lowest BCUT2D eigenvalue weighted by Crippen LogP contribution is -2.23. The second-order valence-electron chi connectivity index (χ2n) is 7.99. The van der Waals surface area contributed by atoms with Gasteiger partial charge in [0.1, 0.15) is 6.10 Å². The average molecular weight is 371 g/mol. The van der Waals surface area contributed by atoms with Gasteiger partial charge in [0.15, 0.2) is 0 Å². The van der Waals surface area contributed by atoms with Crippen molar-refractivity contribution >= 4 is 11.9 Å². The summed E-state index contributed by atoms with van der Waals surface area (Å²) in [6.07, 6.45) is 12.7. The lowest BCUT2D eigenvalue weighted by molar-refractivity contribution is -0.155. The molecular formula is C22H42O4. The van der Waals surface area contributed by atoms with Gasteiger partial charge in [-0.15, -0.1) is 0 Å². The number of carboxylic acid groups (broad SMARTS) is 1. The Kier molecular flexibility index (Phi) is 15.5. The van der Waals surface area contributed by atoms with Crippen LogP contribution in [0.15, 0.2) is 0 Å². The van der Waals surface area contributed by atoms with Crippen molar-refractivity contribution in [1.29, 1.82) is 0 Å². The van der Waals surface area contributed by atoms with Crippen LogP contribution in [-0.4, -0.2) is 23.1 Å². The Morgan fingerprint density at radius 2 is 1.42 bits per heavy atom. The number of ether oxygens (including phenoxy) is 1. The summed E-state index contributed by atoms with van der Waals surface area (Å²) in [5, 5.41) is 9.22. The Hall–Kier alpha value is -1.06. The summed E-state index contributed by atoms with van der Waals surface area (Å²) in [4.78, 5) is 23.3. The van der Waals surface area contributed by atoms with E-state index in [0.717, 1.165) is 38.0 Å². The first-order valence-corrected chi connectivity index (χ1v) is 10.8. The van der Waals surface area contributed by atoms with Crippen LogP contribution in [0.3, 0.4) is 0 Å². The van der Waals surface area contributed by atoms with E-state index < -0.39 is 11.9 Å². The number of hydrogen-bond acceptors (Lipinski definition) is 3. The molecule has 0 amide bonds. The molecule has 0 aromatic carbocycles. The number of rotatable bonds is 17. The third-order valence-electron chi connectivity index (χ3n) is 4.98. The molecule has 0 aliphatic carbocycles. The topological polar surface area (TPSA) is 63.6 Å². The molecule has 26 heavy (non-hydrogen) atoms. The van der Waals surface area contributed by atoms with Crippen molar-refractivity contribution in [2.75, 3.05) is 0 Å². The van der Waals surface area contributed by atoms with Gasteiger partial charge in [-0.2, -0.15) is 0 Å². The van der Waals surface area contributed by atoms with E-state index in [1.807, 2.05) is 13.8 Å². The van der Waals surface area contributed by atoms with Crippen LogP contribution in [0, 0.1) is 11.8 Å². The van der Waals surface area contributed by atoms with Gasteiger partial charge in [-0.25, -0.2) is 0 Å². The molecule has 1 N–H and O–H groups in total. The maximum absolute atomic E-state index is 12.1. The van der Waals surface area contributed by atoms with E-state index in [2.05, 4.69) is 13.8 Å². The van der Waals surface area contributed by atoms with Crippen LogP contribution in [0.1, 0.15) is 111 Å². The third kappa shape index (κ3) is 14.1. The van der Waals surface area contributed by atoms with E-state index in [1.165, 1.54) is 38.5 Å². The molecule has 0 aliphatic rings. The molecule has 0 bridgehead atoms. The van der Waals surface area contributed by atoms with E-state index in [-0.39, 0.29) is 18.5 Å². The SMILES string of the molecule is CCCCC(CC(=O)OC(CC)CCCCCCCCC(C)C)C(=O)O. The number of unbranched alkanes of at least 4 members (excludes halogenated alkanes) is 6. The molecule has 2 atom stereocenters. The molecule has 0 aliphatic heterocycles. The van der Waals surface area contributed by atoms with Crippen molar-refractivity contribution in [3.63, 3.8) is 0 Å². The maximum Gasteiger partial charge on any atom is 0.307 e. The first kappa shape index (κ1) is 24.9. The Morgan fingerprint density at radius 3 is 1.92 bits per heavy atom. The van der Waals surface area contributed by atoms with Crippen molar-refractivity contribution in [1.82, 2.24) is 0 Å². The van der Waals surface area contributed by atoms with Crippen LogP contribution >= 0.6 is 0 Å². The molecule has 4 heteroatoms. The minimum Gasteiger partial charge on any atom is -0.481 e. The van der Waals surface area contributed by atoms with Gasteiger partial charge in [0.05, 0.1) is 12.3 Å². The van der Waals surface area contributed by atoms with Crippen molar-refractivity contribution in [3.8, 4) is 0 Å². The fourth-order valence-electron chi connectivity index (χ4n) is 3.18. The zero-order chi connectivity index (χ0) is 19.8. The summed E-state index contributed by atoms with van der Waals surface area (Å²) in [6, 6.07) is 0. The third-order valence-corrected chi connectivity index (χ3v) is 4.98. The average Bonchev–Trinajstić information content (AvgIpc) is 2.59. The second kappa shape index (κ2) is 16.1. The lowest BCUT2D eigenvalue weighted by Gasteiger charge is -2.18. The highest BCUT2D eigenvalue weighted by Gasteiger charge is 2.23. The largest absolute Gasteiger partial charge is 0.481 e. The van der Waals surface area contributed by atoms with Gasteiger partial charge in [0.25, 0.3) is 0 Å². The van der Waals surface area contributed by atoms with E-state index in [1.54, 1.807) is 0 Å². The summed E-state index contributed by atoms with van der Waals surface area (Å²) in [7, 11) is 0. The highest BCUT2D eigenvalue weighted by molar-refractivity contribution is 5.78. The number of esters is 1. The molecule has 0 aromatic heterocycles. The first-order chi connectivity index (χ1) is 12.4. The molecule has 0 aromatic rings. The highest BCUT2D eigenvalue weighted by atomic mass is 16.5. The molecule has 4 nitrogen and oxygen atoms in total. The summed E-state index contributed by atoms with van der Waals surface area (Å²) < 4.78 is 5.53. The second-order valence-corrected chi connectivity index (χ2v) is 7.99. The predicted octanol–water partition coefficient (Wildman–Crippen LogP) is 6.37. The van der Waals surface area contributed by atoms with Crippen molar-refractivity contribution < 1.29 is 19.4 Å². The quantitative estimate of drug-likeness (QED) is 0.239. The molecule has 0 saturated carbocycles. The van der Waals surface area contributed by atoms with Crippen molar-refractivity contribution in [2.45, 2.75) is 117 Å². The van der Waals surface area contributed by atoms with E-state index >= 15 is 0 Å². The highest BCUT2D eigenvalue weighted by Crippen LogP contribution is 2.18. The Balaban J connectivity index is 3.92. The number of carboxylic acids is 1. The zero-order valence-corrected chi connectivity index (χ0v) is 17.6. The van der Waals surface area contributed by atoms with Crippen LogP contribution in [0.4, 0.5) is 0 Å². The van der Waals surface area contributed by atoms with Gasteiger partial charge >= 0.3 is 11.9 Å². The number of carbonyl (C=O) groups excluding carboxylic acids is 1. The lowest BCUT2D eigenvalue weighted by atomic mass is 9.98. The number of aliphatic carboxylic acids is 1. The molecule has 0 fully saturated rings. The van der Waals surface area contributed by atoms with Gasteiger partial charge in [0, 0.05) is 0 Å². The number of hydrogen-bond donors (Lipinski definition) is 1. The molecular weight excluding hydrogens is 328 g/mol. The van der Waals surface area contributed by atoms with Crippen molar-refractivity contribution in [3.05, 3.63) is 0 Å². The molecule has 0 heterocycles. The molecule has 2 unspecified atom stereocenters. The normalized spacial score (nSPS) is 13.6. The van der Waals surface area contributed by atoms with Gasteiger partial charge in [-0.05, 0) is 31.6 Å². The Labute approximate surface area is 161 Å². The number of carbonyl (C=O) groups is 2. The Morgan fingerprint density at radius 1 is 0.846 bits per heavy atom. The molecule has 0 spiro atoms. The van der Waals surface area contributed by atoms with Gasteiger partial charge < -0.3 is 9.84 Å². The summed E-state index contributed by atoms with van der Waals surface area (Å²) in [5.41, 5.74) is 0. The first-order valence-electron chi connectivity index (χ1n) is 10.8. The maximum atomic E-state index is 12.1. The standard InChI is InChI=1S/C22H42O4/c1-5-7-15-19(22(24)25)17-21(23)26-20(6-2)16-13-11-9-8-10-12-14-18(3)4/h18-20H,5-17H2,1-4H3,(H,24,25). The van der Waals surface area contributed by atoms with Crippen molar-refractivity contribution in [2.24, 2.45) is 11.8 Å². The van der Waals surface area contributed by atoms with E-state index in [9.17, 15) is 14.7 Å². The van der Waals surface area contributed by atoms with Gasteiger partial charge in [-0.3, -0.25) is 9.59 Å². The molecule has 154 valence electrons. The molecule has 0 saturated heterocycles. The fourth-order valence-corrected chi connectivity index (χ4v) is 3.18. The van der Waals surface area contributed by atoms with Gasteiger partial charge in [-0.1, -0.05) is 79.1 Å². The predicted molar refractivity (Wildman–Crippen MR) is 107 cm³/mol. The van der Waals surface area contributed by atoms with E-state index in [4.69, 9.17) is 4.74 Å². The molecule has 0 radical (unpaired) electrons. The minimum atomic E-state index is -0.888. The summed E-state index contributed by atoms with van der Waals surface area (Å²) in [5.74, 6) is -1.04. The van der Waals surface area contributed by atoms with Gasteiger partial charge in [0.2, 0.25) is 0 Å². The van der Waals surface area contributed by atoms with Crippen LogP contribution in [-0.2, 0) is 14.3 Å². The summed E-state index contributed by atoms with van der Waals surface area (Å²) in [6.45, 7) is 8.59. The van der Waals surface area contributed by atoms with Crippen LogP contribution in [0.2, 0.25) is 0 Å². The molecule has 0 rings (SSSR count). The summed E-state index contributed by atoms with van der Waals surface area (Å²) >= 11 is 0. The minimum absolute atomic E-state index is 0.00167. The van der Waals surface area contributed by atoms with Crippen LogP contribution < -0.4 is 0 Å².